The molecule has 2 amide bonds. The van der Waals surface area contributed by atoms with E-state index in [9.17, 15) is 9.59 Å². The van der Waals surface area contributed by atoms with Crippen LogP contribution in [-0.2, 0) is 16.1 Å². The summed E-state index contributed by atoms with van der Waals surface area (Å²) in [6.07, 6.45) is 3.33. The lowest BCUT2D eigenvalue weighted by molar-refractivity contribution is -0.153. The van der Waals surface area contributed by atoms with E-state index in [0.29, 0.717) is 19.6 Å². The van der Waals surface area contributed by atoms with Gasteiger partial charge in [-0.05, 0) is 29.1 Å². The third kappa shape index (κ3) is 2.81. The number of amides is 2. The number of carbonyl (C=O) groups excluding carboxylic acids is 2. The van der Waals surface area contributed by atoms with Crippen LogP contribution in [0.25, 0.3) is 0 Å². The van der Waals surface area contributed by atoms with Gasteiger partial charge in [-0.2, -0.15) is 0 Å². The van der Waals surface area contributed by atoms with Crippen LogP contribution in [0.5, 0.6) is 0 Å². The van der Waals surface area contributed by atoms with Crippen LogP contribution in [0.3, 0.4) is 0 Å². The number of hydrogen-bond acceptors (Lipinski definition) is 5. The zero-order valence-electron chi connectivity index (χ0n) is 13.0. The first-order chi connectivity index (χ1) is 11.7. The number of rotatable bonds is 3. The van der Waals surface area contributed by atoms with Gasteiger partial charge >= 0.3 is 0 Å². The molecule has 0 aromatic carbocycles. The third-order valence-corrected chi connectivity index (χ3v) is 5.36. The van der Waals surface area contributed by atoms with E-state index in [-0.39, 0.29) is 30.6 Å². The van der Waals surface area contributed by atoms with Crippen molar-refractivity contribution in [3.05, 3.63) is 52.5 Å². The minimum Gasteiger partial charge on any atom is -0.364 e. The number of pyridine rings is 1. The average molecular weight is 343 g/mol. The summed E-state index contributed by atoms with van der Waals surface area (Å²) in [6.45, 7) is 1.64. The van der Waals surface area contributed by atoms with Gasteiger partial charge in [0.15, 0.2) is 0 Å². The highest BCUT2D eigenvalue weighted by Gasteiger charge is 2.44. The van der Waals surface area contributed by atoms with Gasteiger partial charge in [0, 0.05) is 32.0 Å². The fourth-order valence-electron chi connectivity index (χ4n) is 3.28. The molecule has 0 N–H and O–H groups in total. The first-order valence-corrected chi connectivity index (χ1v) is 8.73. The van der Waals surface area contributed by atoms with Crippen LogP contribution in [-0.4, -0.2) is 58.4 Å². The Balaban J connectivity index is 1.52. The molecule has 2 aromatic heterocycles. The zero-order chi connectivity index (χ0) is 16.5. The molecule has 0 saturated carbocycles. The molecule has 4 heterocycles. The van der Waals surface area contributed by atoms with Crippen molar-refractivity contribution in [3.63, 3.8) is 0 Å². The van der Waals surface area contributed by atoms with Gasteiger partial charge in [0.2, 0.25) is 5.91 Å². The van der Waals surface area contributed by atoms with Crippen molar-refractivity contribution in [2.45, 2.75) is 18.7 Å². The van der Waals surface area contributed by atoms with Crippen molar-refractivity contribution in [2.24, 2.45) is 0 Å². The van der Waals surface area contributed by atoms with E-state index in [1.807, 2.05) is 34.5 Å². The standard InChI is InChI=1S/C17H17N3O3S/c21-16-11-23-14-10-19(17(22)15-2-1-7-24-15)9-13(14)20(16)8-12-3-5-18-6-4-12/h1-7,13-14H,8-11H2. The van der Waals surface area contributed by atoms with Gasteiger partial charge in [-0.25, -0.2) is 0 Å². The first kappa shape index (κ1) is 15.3. The molecule has 2 aliphatic heterocycles. The quantitative estimate of drug-likeness (QED) is 0.845. The fraction of sp³-hybridized carbons (Fsp3) is 0.353. The summed E-state index contributed by atoms with van der Waals surface area (Å²) in [5, 5.41) is 1.89. The molecule has 2 aromatic rings. The Morgan fingerprint density at radius 1 is 1.29 bits per heavy atom. The molecular weight excluding hydrogens is 326 g/mol. The number of ether oxygens (including phenoxy) is 1. The van der Waals surface area contributed by atoms with Crippen molar-refractivity contribution >= 4 is 23.2 Å². The van der Waals surface area contributed by atoms with Crippen molar-refractivity contribution in [1.29, 1.82) is 0 Å². The summed E-state index contributed by atoms with van der Waals surface area (Å²) in [6, 6.07) is 7.41. The highest BCUT2D eigenvalue weighted by atomic mass is 32.1. The minimum atomic E-state index is -0.117. The smallest absolute Gasteiger partial charge is 0.264 e. The Kier molecular flexibility index (Phi) is 4.03. The maximum Gasteiger partial charge on any atom is 0.264 e. The number of aromatic nitrogens is 1. The number of carbonyl (C=O) groups is 2. The summed E-state index contributed by atoms with van der Waals surface area (Å²) in [5.41, 5.74) is 1.03. The predicted octanol–water partition coefficient (Wildman–Crippen LogP) is 1.40. The second kappa shape index (κ2) is 6.33. The second-order valence-corrected chi connectivity index (χ2v) is 6.93. The molecule has 124 valence electrons. The molecule has 2 fully saturated rings. The summed E-state index contributed by atoms with van der Waals surface area (Å²) >= 11 is 1.44. The molecule has 6 nitrogen and oxygen atoms in total. The van der Waals surface area contributed by atoms with Crippen LogP contribution in [0.2, 0.25) is 0 Å². The number of nitrogens with zero attached hydrogens (tertiary/aromatic N) is 3. The topological polar surface area (TPSA) is 62.7 Å². The van der Waals surface area contributed by atoms with Crippen LogP contribution in [0.1, 0.15) is 15.2 Å². The van der Waals surface area contributed by atoms with Crippen molar-refractivity contribution in [2.75, 3.05) is 19.7 Å². The predicted molar refractivity (Wildman–Crippen MR) is 88.5 cm³/mol. The second-order valence-electron chi connectivity index (χ2n) is 5.98. The maximum absolute atomic E-state index is 12.6. The summed E-state index contributed by atoms with van der Waals surface area (Å²) < 4.78 is 5.69. The van der Waals surface area contributed by atoms with Crippen molar-refractivity contribution < 1.29 is 14.3 Å². The highest BCUT2D eigenvalue weighted by Crippen LogP contribution is 2.27. The number of likely N-dealkylation sites (tertiary alicyclic amines) is 1. The molecule has 2 saturated heterocycles. The van der Waals surface area contributed by atoms with Crippen molar-refractivity contribution in [3.8, 4) is 0 Å². The third-order valence-electron chi connectivity index (χ3n) is 4.50. The monoisotopic (exact) mass is 343 g/mol. The molecule has 24 heavy (non-hydrogen) atoms. The lowest BCUT2D eigenvalue weighted by Gasteiger charge is -2.36. The Hall–Kier alpha value is -2.25. The van der Waals surface area contributed by atoms with Crippen molar-refractivity contribution in [1.82, 2.24) is 14.8 Å². The summed E-state index contributed by atoms with van der Waals surface area (Å²) in [5.74, 6) is -0.0159. The van der Waals surface area contributed by atoms with Crippen LogP contribution in [0.15, 0.2) is 42.0 Å². The van der Waals surface area contributed by atoms with Gasteiger partial charge in [0.1, 0.15) is 6.61 Å². The van der Waals surface area contributed by atoms with E-state index in [1.165, 1.54) is 11.3 Å². The molecule has 0 aliphatic carbocycles. The molecule has 2 atom stereocenters. The summed E-state index contributed by atoms with van der Waals surface area (Å²) in [4.78, 5) is 33.3. The molecule has 4 rings (SSSR count). The lowest BCUT2D eigenvalue weighted by atomic mass is 10.1. The number of fused-ring (bicyclic) bond motifs is 1. The van der Waals surface area contributed by atoms with E-state index in [4.69, 9.17) is 4.74 Å². The van der Waals surface area contributed by atoms with Crippen LogP contribution in [0.4, 0.5) is 0 Å². The SMILES string of the molecule is O=C(c1cccs1)N1CC2OCC(=O)N(Cc3ccncc3)C2C1. The zero-order valence-corrected chi connectivity index (χ0v) is 13.8. The molecule has 0 bridgehead atoms. The largest absolute Gasteiger partial charge is 0.364 e. The Morgan fingerprint density at radius 2 is 2.12 bits per heavy atom. The van der Waals surface area contributed by atoms with Gasteiger partial charge < -0.3 is 14.5 Å². The highest BCUT2D eigenvalue weighted by molar-refractivity contribution is 7.12. The summed E-state index contributed by atoms with van der Waals surface area (Å²) in [7, 11) is 0. The molecule has 2 aliphatic rings. The molecule has 7 heteroatoms. The first-order valence-electron chi connectivity index (χ1n) is 7.85. The number of thiophene rings is 1. The van der Waals surface area contributed by atoms with E-state index in [0.717, 1.165) is 10.4 Å². The Labute approximate surface area is 143 Å². The van der Waals surface area contributed by atoms with E-state index >= 15 is 0 Å². The van der Waals surface area contributed by atoms with Gasteiger partial charge in [-0.15, -0.1) is 11.3 Å². The Morgan fingerprint density at radius 3 is 2.88 bits per heavy atom. The van der Waals surface area contributed by atoms with E-state index in [1.54, 1.807) is 17.3 Å². The molecule has 2 unspecified atom stereocenters. The number of hydrogen-bond donors (Lipinski definition) is 0. The van der Waals surface area contributed by atoms with Gasteiger partial charge in [0.05, 0.1) is 17.0 Å². The van der Waals surface area contributed by atoms with Crippen LogP contribution >= 0.6 is 11.3 Å². The fourth-order valence-corrected chi connectivity index (χ4v) is 3.97. The maximum atomic E-state index is 12.6. The molecular formula is C17H17N3O3S. The van der Waals surface area contributed by atoms with Crippen LogP contribution in [0, 0.1) is 0 Å². The normalized spacial score (nSPS) is 23.4. The van der Waals surface area contributed by atoms with Gasteiger partial charge in [0.25, 0.3) is 5.91 Å². The lowest BCUT2D eigenvalue weighted by Crippen LogP contribution is -2.53. The van der Waals surface area contributed by atoms with Gasteiger partial charge in [-0.3, -0.25) is 14.6 Å². The molecule has 0 radical (unpaired) electrons. The molecule has 0 spiro atoms. The minimum absolute atomic E-state index is 0.0133. The van der Waals surface area contributed by atoms with E-state index in [2.05, 4.69) is 4.98 Å². The van der Waals surface area contributed by atoms with Crippen LogP contribution < -0.4 is 0 Å². The van der Waals surface area contributed by atoms with Gasteiger partial charge in [-0.1, -0.05) is 6.07 Å². The Bertz CT molecular complexity index is 735. The van der Waals surface area contributed by atoms with E-state index < -0.39 is 0 Å². The number of morpholine rings is 1. The average Bonchev–Trinajstić information content (AvgIpc) is 3.27.